The maximum Gasteiger partial charge on any atom is 0.154 e. The first-order valence-electron chi connectivity index (χ1n) is 7.74. The molecule has 0 bridgehead atoms. The third-order valence-corrected chi connectivity index (χ3v) is 3.43. The molecule has 1 saturated heterocycles. The largest absolute Gasteiger partial charge is 0.371 e. The maximum absolute atomic E-state index is 9.55. The van der Waals surface area contributed by atoms with E-state index < -0.39 is 6.29 Å². The van der Waals surface area contributed by atoms with Gasteiger partial charge in [0.2, 0.25) is 0 Å². The second-order valence-electron chi connectivity index (χ2n) is 5.36. The smallest absolute Gasteiger partial charge is 0.154 e. The normalized spacial score (nSPS) is 20.0. The summed E-state index contributed by atoms with van der Waals surface area (Å²) in [7, 11) is 0. The average Bonchev–Trinajstić information content (AvgIpc) is 3.18. The van der Waals surface area contributed by atoms with E-state index in [-0.39, 0.29) is 6.10 Å². The maximum atomic E-state index is 9.55. The van der Waals surface area contributed by atoms with Crippen LogP contribution in [0.15, 0.2) is 0 Å². The van der Waals surface area contributed by atoms with E-state index in [9.17, 15) is 5.11 Å². The summed E-state index contributed by atoms with van der Waals surface area (Å²) in [5, 5.41) is 9.55. The molecule has 1 rings (SSSR count). The number of rotatable bonds is 13. The molecule has 0 amide bonds. The van der Waals surface area contributed by atoms with E-state index in [1.54, 1.807) is 0 Å². The zero-order valence-corrected chi connectivity index (χ0v) is 11.9. The van der Waals surface area contributed by atoms with Crippen LogP contribution in [0, 0.1) is 0 Å². The van der Waals surface area contributed by atoms with Crippen LogP contribution in [0.25, 0.3) is 0 Å². The van der Waals surface area contributed by atoms with Gasteiger partial charge in [-0.05, 0) is 12.8 Å². The van der Waals surface area contributed by atoms with Crippen LogP contribution < -0.4 is 0 Å². The number of aliphatic hydroxyl groups is 1. The predicted molar refractivity (Wildman–Crippen MR) is 73.5 cm³/mol. The summed E-state index contributed by atoms with van der Waals surface area (Å²) in [6.07, 6.45) is 12.2. The highest BCUT2D eigenvalue weighted by atomic mass is 16.6. The average molecular weight is 258 g/mol. The minimum Gasteiger partial charge on any atom is -0.371 e. The minimum atomic E-state index is -0.584. The molecule has 1 aliphatic rings. The Labute approximate surface area is 112 Å². The first kappa shape index (κ1) is 15.9. The summed E-state index contributed by atoms with van der Waals surface area (Å²) in [5.74, 6) is 0. The van der Waals surface area contributed by atoms with E-state index in [0.717, 1.165) is 19.4 Å². The number of ether oxygens (including phenoxy) is 2. The Morgan fingerprint density at radius 3 is 2.17 bits per heavy atom. The molecule has 2 unspecified atom stereocenters. The fraction of sp³-hybridized carbons (Fsp3) is 1.00. The van der Waals surface area contributed by atoms with Crippen molar-refractivity contribution in [2.75, 3.05) is 13.2 Å². The monoisotopic (exact) mass is 258 g/mol. The molecule has 0 aromatic carbocycles. The summed E-state index contributed by atoms with van der Waals surface area (Å²) in [4.78, 5) is 0. The third kappa shape index (κ3) is 9.86. The van der Waals surface area contributed by atoms with Crippen LogP contribution in [0.3, 0.4) is 0 Å². The van der Waals surface area contributed by atoms with Crippen molar-refractivity contribution < 1.29 is 14.6 Å². The van der Waals surface area contributed by atoms with Gasteiger partial charge >= 0.3 is 0 Å². The third-order valence-electron chi connectivity index (χ3n) is 3.43. The standard InChI is InChI=1S/C15H30O3/c1-2-3-4-5-6-7-8-9-10-11-15(16)18-13-14-12-17-14/h14-16H,2-13H2,1H3. The molecular formula is C15H30O3. The summed E-state index contributed by atoms with van der Waals surface area (Å²) in [6.45, 7) is 3.60. The van der Waals surface area contributed by atoms with Crippen LogP contribution in [0.4, 0.5) is 0 Å². The van der Waals surface area contributed by atoms with Crippen molar-refractivity contribution in [3.05, 3.63) is 0 Å². The Bertz CT molecular complexity index is 181. The quantitative estimate of drug-likeness (QED) is 0.311. The molecule has 1 aliphatic heterocycles. The lowest BCUT2D eigenvalue weighted by Crippen LogP contribution is -2.15. The molecule has 0 radical (unpaired) electrons. The van der Waals surface area contributed by atoms with E-state index in [1.165, 1.54) is 51.4 Å². The molecule has 3 nitrogen and oxygen atoms in total. The van der Waals surface area contributed by atoms with Gasteiger partial charge in [-0.3, -0.25) is 0 Å². The highest BCUT2D eigenvalue weighted by Crippen LogP contribution is 2.13. The van der Waals surface area contributed by atoms with Crippen molar-refractivity contribution in [3.8, 4) is 0 Å². The van der Waals surface area contributed by atoms with Crippen molar-refractivity contribution >= 4 is 0 Å². The van der Waals surface area contributed by atoms with E-state index in [1.807, 2.05) is 0 Å². The highest BCUT2D eigenvalue weighted by molar-refractivity contribution is 4.67. The Kier molecular flexibility index (Phi) is 9.54. The van der Waals surface area contributed by atoms with Crippen molar-refractivity contribution in [3.63, 3.8) is 0 Å². The number of hydrogen-bond acceptors (Lipinski definition) is 3. The Morgan fingerprint density at radius 2 is 1.61 bits per heavy atom. The van der Waals surface area contributed by atoms with Crippen LogP contribution in [-0.4, -0.2) is 30.7 Å². The number of aliphatic hydroxyl groups excluding tert-OH is 1. The van der Waals surface area contributed by atoms with Crippen LogP contribution in [0.5, 0.6) is 0 Å². The first-order chi connectivity index (χ1) is 8.83. The van der Waals surface area contributed by atoms with Gasteiger partial charge in [0.1, 0.15) is 6.10 Å². The summed E-state index contributed by atoms with van der Waals surface area (Å²) in [6, 6.07) is 0. The van der Waals surface area contributed by atoms with Crippen molar-refractivity contribution in [1.29, 1.82) is 0 Å². The van der Waals surface area contributed by atoms with Gasteiger partial charge in [0, 0.05) is 0 Å². The second-order valence-corrected chi connectivity index (χ2v) is 5.36. The van der Waals surface area contributed by atoms with Crippen molar-refractivity contribution in [2.24, 2.45) is 0 Å². The van der Waals surface area contributed by atoms with Gasteiger partial charge in [0.25, 0.3) is 0 Å². The molecule has 108 valence electrons. The number of hydrogen-bond donors (Lipinski definition) is 1. The second kappa shape index (κ2) is 10.8. The fourth-order valence-corrected chi connectivity index (χ4v) is 2.10. The van der Waals surface area contributed by atoms with Crippen LogP contribution in [-0.2, 0) is 9.47 Å². The summed E-state index contributed by atoms with van der Waals surface area (Å²) in [5.41, 5.74) is 0. The Morgan fingerprint density at radius 1 is 1.06 bits per heavy atom. The SMILES string of the molecule is CCCCCCCCCCCC(O)OCC1CO1. The lowest BCUT2D eigenvalue weighted by atomic mass is 10.1. The zero-order chi connectivity index (χ0) is 13.1. The topological polar surface area (TPSA) is 42.0 Å². The predicted octanol–water partition coefficient (Wildman–Crippen LogP) is 3.64. The lowest BCUT2D eigenvalue weighted by molar-refractivity contribution is -0.107. The van der Waals surface area contributed by atoms with Crippen LogP contribution in [0.2, 0.25) is 0 Å². The lowest BCUT2D eigenvalue weighted by Gasteiger charge is -2.10. The van der Waals surface area contributed by atoms with Crippen LogP contribution >= 0.6 is 0 Å². The molecule has 1 heterocycles. The Balaban J connectivity index is 1.71. The van der Waals surface area contributed by atoms with Crippen molar-refractivity contribution in [1.82, 2.24) is 0 Å². The Hall–Kier alpha value is -0.120. The molecule has 1 fully saturated rings. The van der Waals surface area contributed by atoms with Gasteiger partial charge in [-0.25, -0.2) is 0 Å². The molecule has 0 aromatic rings. The number of unbranched alkanes of at least 4 members (excludes halogenated alkanes) is 8. The van der Waals surface area contributed by atoms with E-state index >= 15 is 0 Å². The van der Waals surface area contributed by atoms with Gasteiger partial charge in [-0.15, -0.1) is 0 Å². The molecule has 0 aliphatic carbocycles. The molecular weight excluding hydrogens is 228 g/mol. The first-order valence-corrected chi connectivity index (χ1v) is 7.74. The van der Waals surface area contributed by atoms with Gasteiger partial charge in [0.15, 0.2) is 6.29 Å². The zero-order valence-electron chi connectivity index (χ0n) is 11.9. The molecule has 1 N–H and O–H groups in total. The van der Waals surface area contributed by atoms with Crippen LogP contribution in [0.1, 0.15) is 71.1 Å². The molecule has 2 atom stereocenters. The van der Waals surface area contributed by atoms with Crippen molar-refractivity contribution in [2.45, 2.75) is 83.5 Å². The molecule has 0 spiro atoms. The summed E-state index contributed by atoms with van der Waals surface area (Å²) < 4.78 is 10.3. The number of epoxide rings is 1. The van der Waals surface area contributed by atoms with Gasteiger partial charge < -0.3 is 14.6 Å². The van der Waals surface area contributed by atoms with Gasteiger partial charge in [-0.1, -0.05) is 58.3 Å². The van der Waals surface area contributed by atoms with E-state index in [2.05, 4.69) is 6.92 Å². The molecule has 0 aromatic heterocycles. The van der Waals surface area contributed by atoms with Gasteiger partial charge in [-0.2, -0.15) is 0 Å². The minimum absolute atomic E-state index is 0.253. The van der Waals surface area contributed by atoms with E-state index in [4.69, 9.17) is 9.47 Å². The van der Waals surface area contributed by atoms with E-state index in [0.29, 0.717) is 6.61 Å². The summed E-state index contributed by atoms with van der Waals surface area (Å²) >= 11 is 0. The van der Waals surface area contributed by atoms with Gasteiger partial charge in [0.05, 0.1) is 13.2 Å². The molecule has 3 heteroatoms. The molecule has 0 saturated carbocycles. The fourth-order valence-electron chi connectivity index (χ4n) is 2.10. The highest BCUT2D eigenvalue weighted by Gasteiger charge is 2.23. The molecule has 18 heavy (non-hydrogen) atoms.